The second kappa shape index (κ2) is 9.07. The first kappa shape index (κ1) is 22.4. The van der Waals surface area contributed by atoms with Crippen LogP contribution in [-0.2, 0) is 0 Å². The summed E-state index contributed by atoms with van der Waals surface area (Å²) in [6, 6.07) is 11.3. The smallest absolute Gasteiger partial charge is 0.159 e. The van der Waals surface area contributed by atoms with Gasteiger partial charge >= 0.3 is 0 Å². The number of ketones is 1. The summed E-state index contributed by atoms with van der Waals surface area (Å²) in [6.45, 7) is 15.4. The van der Waals surface area contributed by atoms with Gasteiger partial charge < -0.3 is 0 Å². The minimum atomic E-state index is -1.81. The van der Waals surface area contributed by atoms with E-state index in [4.69, 9.17) is 11.6 Å². The van der Waals surface area contributed by atoms with Crippen LogP contribution in [0.1, 0.15) is 64.4 Å². The van der Waals surface area contributed by atoms with E-state index in [1.807, 2.05) is 36.4 Å². The quantitative estimate of drug-likeness (QED) is 0.226. The van der Waals surface area contributed by atoms with Gasteiger partial charge in [-0.15, -0.1) is 5.54 Å². The number of aromatic nitrogens is 1. The van der Waals surface area contributed by atoms with Crippen molar-refractivity contribution in [3.63, 3.8) is 0 Å². The lowest BCUT2D eigenvalue weighted by Gasteiger charge is -2.38. The summed E-state index contributed by atoms with van der Waals surface area (Å²) < 4.78 is 0. The molecule has 0 N–H and O–H groups in total. The molecule has 2 rings (SSSR count). The van der Waals surface area contributed by atoms with Gasteiger partial charge in [-0.1, -0.05) is 83.3 Å². The summed E-state index contributed by atoms with van der Waals surface area (Å²) >= 11 is 6.30. The van der Waals surface area contributed by atoms with Crippen LogP contribution in [0.25, 0.3) is 11.3 Å². The van der Waals surface area contributed by atoms with Crippen molar-refractivity contribution in [3.8, 4) is 22.7 Å². The molecule has 2 nitrogen and oxygen atoms in total. The van der Waals surface area contributed by atoms with E-state index >= 15 is 0 Å². The molecule has 0 saturated heterocycles. The first-order chi connectivity index (χ1) is 13.1. The van der Waals surface area contributed by atoms with Crippen molar-refractivity contribution >= 4 is 25.5 Å². The van der Waals surface area contributed by atoms with Crippen molar-refractivity contribution in [1.29, 1.82) is 0 Å². The molecular formula is C24H30ClNOSi. The Kier molecular flexibility index (Phi) is 7.26. The number of pyridine rings is 1. The van der Waals surface area contributed by atoms with Crippen LogP contribution >= 0.6 is 11.6 Å². The molecule has 0 saturated carbocycles. The van der Waals surface area contributed by atoms with Crippen molar-refractivity contribution in [3.05, 3.63) is 52.7 Å². The fourth-order valence-electron chi connectivity index (χ4n) is 4.21. The number of halogens is 1. The Morgan fingerprint density at radius 3 is 1.96 bits per heavy atom. The molecule has 0 bridgehead atoms. The van der Waals surface area contributed by atoms with Gasteiger partial charge in [0.25, 0.3) is 0 Å². The topological polar surface area (TPSA) is 30.0 Å². The molecule has 0 aliphatic heterocycles. The highest BCUT2D eigenvalue weighted by Crippen LogP contribution is 2.40. The molecule has 0 radical (unpaired) electrons. The number of nitrogens with zero attached hydrogens (tertiary/aromatic N) is 1. The predicted octanol–water partition coefficient (Wildman–Crippen LogP) is 7.17. The highest BCUT2D eigenvalue weighted by atomic mass is 35.5. The van der Waals surface area contributed by atoms with E-state index in [2.05, 4.69) is 58.0 Å². The molecule has 0 atom stereocenters. The second-order valence-electron chi connectivity index (χ2n) is 8.34. The minimum absolute atomic E-state index is 0.0505. The second-order valence-corrected chi connectivity index (χ2v) is 14.3. The molecule has 1 heterocycles. The summed E-state index contributed by atoms with van der Waals surface area (Å²) in [5.41, 5.74) is 8.76. The molecule has 0 aliphatic rings. The van der Waals surface area contributed by atoms with Gasteiger partial charge in [0.1, 0.15) is 13.2 Å². The molecule has 0 fully saturated rings. The number of rotatable bonds is 5. The van der Waals surface area contributed by atoms with E-state index in [9.17, 15) is 4.79 Å². The Labute approximate surface area is 175 Å². The minimum Gasteiger partial charge on any atom is -0.295 e. The van der Waals surface area contributed by atoms with Gasteiger partial charge in [0.05, 0.1) is 5.69 Å². The fourth-order valence-corrected chi connectivity index (χ4v) is 9.64. The van der Waals surface area contributed by atoms with Crippen molar-refractivity contribution in [1.82, 2.24) is 4.98 Å². The zero-order valence-corrected chi connectivity index (χ0v) is 19.7. The third-order valence-electron chi connectivity index (χ3n) is 5.67. The Hall–Kier alpha value is -1.89. The van der Waals surface area contributed by atoms with Gasteiger partial charge in [-0.25, -0.2) is 4.98 Å². The van der Waals surface area contributed by atoms with Crippen LogP contribution in [0, 0.1) is 11.5 Å². The van der Waals surface area contributed by atoms with E-state index in [1.165, 1.54) is 0 Å². The van der Waals surface area contributed by atoms with Crippen LogP contribution in [0.5, 0.6) is 0 Å². The summed E-state index contributed by atoms with van der Waals surface area (Å²) in [6.07, 6.45) is 0. The first-order valence-electron chi connectivity index (χ1n) is 9.90. The zero-order valence-electron chi connectivity index (χ0n) is 17.9. The molecule has 0 aliphatic carbocycles. The van der Waals surface area contributed by atoms with Crippen LogP contribution in [0.15, 0.2) is 36.4 Å². The van der Waals surface area contributed by atoms with Gasteiger partial charge in [-0.05, 0) is 35.7 Å². The van der Waals surface area contributed by atoms with Gasteiger partial charge in [-0.3, -0.25) is 4.79 Å². The summed E-state index contributed by atoms with van der Waals surface area (Å²) in [5, 5.41) is 0.434. The van der Waals surface area contributed by atoms with Gasteiger partial charge in [-0.2, -0.15) is 0 Å². The Morgan fingerprint density at radius 1 is 0.964 bits per heavy atom. The van der Waals surface area contributed by atoms with Crippen LogP contribution in [-0.4, -0.2) is 18.8 Å². The lowest BCUT2D eigenvalue weighted by molar-refractivity contribution is 0.101. The molecule has 0 unspecified atom stereocenters. The average Bonchev–Trinajstić information content (AvgIpc) is 2.61. The number of hydrogen-bond donors (Lipinski definition) is 0. The monoisotopic (exact) mass is 411 g/mol. The predicted molar refractivity (Wildman–Crippen MR) is 123 cm³/mol. The van der Waals surface area contributed by atoms with Crippen LogP contribution in [0.2, 0.25) is 21.8 Å². The lowest BCUT2D eigenvalue weighted by atomic mass is 10.1. The van der Waals surface area contributed by atoms with E-state index in [0.717, 1.165) is 16.8 Å². The van der Waals surface area contributed by atoms with Crippen molar-refractivity contribution < 1.29 is 4.79 Å². The van der Waals surface area contributed by atoms with Crippen LogP contribution in [0.4, 0.5) is 0 Å². The van der Waals surface area contributed by atoms with Crippen molar-refractivity contribution in [2.75, 3.05) is 0 Å². The molecule has 1 aromatic carbocycles. The summed E-state index contributed by atoms with van der Waals surface area (Å²) in [7, 11) is -1.81. The summed E-state index contributed by atoms with van der Waals surface area (Å²) in [4.78, 5) is 15.9. The van der Waals surface area contributed by atoms with E-state index in [0.29, 0.717) is 27.3 Å². The lowest BCUT2D eigenvalue weighted by Crippen LogP contribution is -2.43. The third kappa shape index (κ3) is 4.74. The Morgan fingerprint density at radius 2 is 1.50 bits per heavy atom. The van der Waals surface area contributed by atoms with Gasteiger partial charge in [0.2, 0.25) is 0 Å². The maximum absolute atomic E-state index is 11.5. The average molecular weight is 412 g/mol. The molecule has 148 valence electrons. The SMILES string of the molecule is CC(=O)c1ccc(-c2cc(C#C[Si](C(C)C)(C(C)C)C(C)C)cc(Cl)n2)cc1. The molecular weight excluding hydrogens is 382 g/mol. The Balaban J connectivity index is 2.49. The van der Waals surface area contributed by atoms with E-state index < -0.39 is 8.07 Å². The van der Waals surface area contributed by atoms with E-state index in [1.54, 1.807) is 6.92 Å². The number of hydrogen-bond acceptors (Lipinski definition) is 2. The third-order valence-corrected chi connectivity index (χ3v) is 12.2. The maximum atomic E-state index is 11.5. The van der Waals surface area contributed by atoms with Crippen LogP contribution < -0.4 is 0 Å². The first-order valence-corrected chi connectivity index (χ1v) is 12.5. The van der Waals surface area contributed by atoms with Gasteiger partial charge in [0.15, 0.2) is 5.78 Å². The van der Waals surface area contributed by atoms with Crippen LogP contribution in [0.3, 0.4) is 0 Å². The molecule has 4 heteroatoms. The standard InChI is InChI=1S/C24H30ClNOSi/c1-16(2)28(17(3)4,18(5)6)13-12-20-14-23(26-24(25)15-20)22-10-8-21(9-11-22)19(7)27/h8-11,14-18H,1-7H3. The highest BCUT2D eigenvalue weighted by molar-refractivity contribution is 6.90. The number of Topliss-reactive ketones (excluding diaryl/α,β-unsaturated/α-hetero) is 1. The van der Waals surface area contributed by atoms with Crippen molar-refractivity contribution in [2.45, 2.75) is 65.1 Å². The fraction of sp³-hybridized carbons (Fsp3) is 0.417. The molecule has 1 aromatic heterocycles. The normalized spacial score (nSPS) is 11.7. The number of carbonyl (C=O) groups excluding carboxylic acids is 1. The molecule has 0 amide bonds. The largest absolute Gasteiger partial charge is 0.295 e. The molecule has 2 aromatic rings. The number of carbonyl (C=O) groups is 1. The molecule has 28 heavy (non-hydrogen) atoms. The maximum Gasteiger partial charge on any atom is 0.159 e. The Bertz CT molecular complexity index is 883. The van der Waals surface area contributed by atoms with Gasteiger partial charge in [0, 0.05) is 16.7 Å². The zero-order chi connectivity index (χ0) is 21.1. The summed E-state index contributed by atoms with van der Waals surface area (Å²) in [5.74, 6) is 3.49. The number of benzene rings is 1. The van der Waals surface area contributed by atoms with Crippen molar-refractivity contribution in [2.24, 2.45) is 0 Å². The highest BCUT2D eigenvalue weighted by Gasteiger charge is 2.41. The van der Waals surface area contributed by atoms with E-state index in [-0.39, 0.29) is 5.78 Å². The molecule has 0 spiro atoms.